The SMILES string of the molecule is COC(=O)C(CN)(Cc1cn(C)nn1)c1ccc(F)cc1. The number of nitrogens with two attached hydrogens (primary N) is 1. The molecule has 1 unspecified atom stereocenters. The number of aryl methyl sites for hydroxylation is 1. The molecule has 0 aliphatic carbocycles. The van der Waals surface area contributed by atoms with Gasteiger partial charge >= 0.3 is 5.97 Å². The van der Waals surface area contributed by atoms with Gasteiger partial charge in [-0.25, -0.2) is 4.39 Å². The number of halogens is 1. The van der Waals surface area contributed by atoms with E-state index in [1.54, 1.807) is 17.9 Å². The summed E-state index contributed by atoms with van der Waals surface area (Å²) in [5, 5.41) is 7.83. The fourth-order valence-electron chi connectivity index (χ4n) is 2.32. The molecule has 0 aliphatic rings. The van der Waals surface area contributed by atoms with E-state index in [1.165, 1.54) is 31.4 Å². The first-order valence-corrected chi connectivity index (χ1v) is 6.41. The Morgan fingerprint density at radius 2 is 2.10 bits per heavy atom. The van der Waals surface area contributed by atoms with Crippen LogP contribution in [0.1, 0.15) is 11.3 Å². The molecule has 0 amide bonds. The largest absolute Gasteiger partial charge is 0.468 e. The lowest BCUT2D eigenvalue weighted by atomic mass is 9.76. The second-order valence-electron chi connectivity index (χ2n) is 4.85. The lowest BCUT2D eigenvalue weighted by Gasteiger charge is -2.29. The molecule has 112 valence electrons. The zero-order valence-electron chi connectivity index (χ0n) is 11.9. The summed E-state index contributed by atoms with van der Waals surface area (Å²) in [6.45, 7) is 0.0158. The number of hydrogen-bond acceptors (Lipinski definition) is 5. The maximum absolute atomic E-state index is 13.1. The Labute approximate surface area is 121 Å². The van der Waals surface area contributed by atoms with Gasteiger partial charge in [-0.2, -0.15) is 0 Å². The first-order valence-electron chi connectivity index (χ1n) is 6.41. The summed E-state index contributed by atoms with van der Waals surface area (Å²) >= 11 is 0. The Hall–Kier alpha value is -2.28. The highest BCUT2D eigenvalue weighted by Gasteiger charge is 2.41. The second-order valence-corrected chi connectivity index (χ2v) is 4.85. The molecular formula is C14H17FN4O2. The maximum atomic E-state index is 13.1. The summed E-state index contributed by atoms with van der Waals surface area (Å²) in [6, 6.07) is 5.66. The van der Waals surface area contributed by atoms with Crippen LogP contribution in [0.15, 0.2) is 30.5 Å². The average Bonchev–Trinajstić information content (AvgIpc) is 2.90. The third-order valence-corrected chi connectivity index (χ3v) is 3.45. The molecule has 1 atom stereocenters. The number of aromatic nitrogens is 3. The highest BCUT2D eigenvalue weighted by atomic mass is 19.1. The van der Waals surface area contributed by atoms with Crippen LogP contribution in [0.25, 0.3) is 0 Å². The minimum Gasteiger partial charge on any atom is -0.468 e. The molecule has 2 N–H and O–H groups in total. The molecule has 2 aromatic rings. The molecule has 21 heavy (non-hydrogen) atoms. The van der Waals surface area contributed by atoms with E-state index >= 15 is 0 Å². The van der Waals surface area contributed by atoms with Crippen LogP contribution in [0.5, 0.6) is 0 Å². The second kappa shape index (κ2) is 6.01. The van der Waals surface area contributed by atoms with Crippen molar-refractivity contribution in [3.63, 3.8) is 0 Å². The number of ether oxygens (including phenoxy) is 1. The molecule has 1 aromatic heterocycles. The molecule has 2 rings (SSSR count). The third-order valence-electron chi connectivity index (χ3n) is 3.45. The number of carbonyl (C=O) groups is 1. The highest BCUT2D eigenvalue weighted by molar-refractivity contribution is 5.84. The molecule has 0 saturated heterocycles. The van der Waals surface area contributed by atoms with E-state index in [0.29, 0.717) is 11.3 Å². The lowest BCUT2D eigenvalue weighted by molar-refractivity contribution is -0.147. The standard InChI is InChI=1S/C14H17FN4O2/c1-19-8-12(17-18-19)7-14(9-16,13(20)21-2)10-3-5-11(15)6-4-10/h3-6,8H,7,9,16H2,1-2H3. The minimum absolute atomic E-state index is 0.0158. The number of nitrogens with zero attached hydrogens (tertiary/aromatic N) is 3. The Morgan fingerprint density at radius 3 is 2.57 bits per heavy atom. The van der Waals surface area contributed by atoms with Gasteiger partial charge in [0, 0.05) is 26.2 Å². The average molecular weight is 292 g/mol. The molecule has 1 heterocycles. The van der Waals surface area contributed by atoms with Gasteiger partial charge in [-0.3, -0.25) is 9.48 Å². The number of benzene rings is 1. The molecule has 0 saturated carbocycles. The van der Waals surface area contributed by atoms with Crippen molar-refractivity contribution in [2.45, 2.75) is 11.8 Å². The van der Waals surface area contributed by atoms with E-state index in [-0.39, 0.29) is 18.8 Å². The van der Waals surface area contributed by atoms with Crippen molar-refractivity contribution in [2.24, 2.45) is 12.8 Å². The fourth-order valence-corrected chi connectivity index (χ4v) is 2.32. The molecular weight excluding hydrogens is 275 g/mol. The van der Waals surface area contributed by atoms with E-state index in [4.69, 9.17) is 10.5 Å². The van der Waals surface area contributed by atoms with Crippen LogP contribution in [0.3, 0.4) is 0 Å². The topological polar surface area (TPSA) is 83.0 Å². The van der Waals surface area contributed by atoms with Crippen LogP contribution in [0.4, 0.5) is 4.39 Å². The minimum atomic E-state index is -1.11. The van der Waals surface area contributed by atoms with Gasteiger partial charge in [-0.15, -0.1) is 5.10 Å². The van der Waals surface area contributed by atoms with Crippen molar-refractivity contribution in [3.05, 3.63) is 47.5 Å². The van der Waals surface area contributed by atoms with Crippen molar-refractivity contribution in [1.82, 2.24) is 15.0 Å². The van der Waals surface area contributed by atoms with Gasteiger partial charge in [0.25, 0.3) is 0 Å². The molecule has 1 aromatic carbocycles. The summed E-state index contributed by atoms with van der Waals surface area (Å²) < 4.78 is 19.6. The molecule has 6 nitrogen and oxygen atoms in total. The zero-order valence-corrected chi connectivity index (χ0v) is 11.9. The van der Waals surface area contributed by atoms with E-state index in [9.17, 15) is 9.18 Å². The van der Waals surface area contributed by atoms with Crippen molar-refractivity contribution >= 4 is 5.97 Å². The number of esters is 1. The van der Waals surface area contributed by atoms with Gasteiger partial charge in [0.15, 0.2) is 0 Å². The Bertz CT molecular complexity index is 626. The smallest absolute Gasteiger partial charge is 0.317 e. The van der Waals surface area contributed by atoms with E-state index in [1.807, 2.05) is 0 Å². The molecule has 0 radical (unpaired) electrons. The quantitative estimate of drug-likeness (QED) is 0.814. The Kier molecular flexibility index (Phi) is 4.32. The van der Waals surface area contributed by atoms with E-state index in [0.717, 1.165) is 0 Å². The highest BCUT2D eigenvalue weighted by Crippen LogP contribution is 2.29. The van der Waals surface area contributed by atoms with E-state index < -0.39 is 11.4 Å². The molecule has 7 heteroatoms. The fraction of sp³-hybridized carbons (Fsp3) is 0.357. The van der Waals surface area contributed by atoms with Gasteiger partial charge in [0.1, 0.15) is 11.2 Å². The summed E-state index contributed by atoms with van der Waals surface area (Å²) in [6.07, 6.45) is 1.94. The van der Waals surface area contributed by atoms with E-state index in [2.05, 4.69) is 10.3 Å². The number of rotatable bonds is 5. The van der Waals surface area contributed by atoms with Crippen LogP contribution in [0, 0.1) is 5.82 Å². The van der Waals surface area contributed by atoms with Gasteiger partial charge in [0.05, 0.1) is 12.8 Å². The van der Waals surface area contributed by atoms with Gasteiger partial charge < -0.3 is 10.5 Å². The zero-order chi connectivity index (χ0) is 15.5. The van der Waals surface area contributed by atoms with Crippen molar-refractivity contribution in [2.75, 3.05) is 13.7 Å². The Balaban J connectivity index is 2.47. The summed E-state index contributed by atoms with van der Waals surface area (Å²) in [4.78, 5) is 12.3. The normalized spacial score (nSPS) is 13.7. The van der Waals surface area contributed by atoms with Crippen LogP contribution in [-0.4, -0.2) is 34.6 Å². The predicted octanol–water partition coefficient (Wildman–Crippen LogP) is 0.566. The molecule has 0 bridgehead atoms. The maximum Gasteiger partial charge on any atom is 0.317 e. The van der Waals surface area contributed by atoms with Crippen molar-refractivity contribution < 1.29 is 13.9 Å². The first kappa shape index (κ1) is 15.1. The number of methoxy groups -OCH3 is 1. The third kappa shape index (κ3) is 2.92. The molecule has 0 aliphatic heterocycles. The summed E-state index contributed by atoms with van der Waals surface area (Å²) in [5.74, 6) is -0.865. The first-order chi connectivity index (χ1) is 10.0. The van der Waals surface area contributed by atoms with Gasteiger partial charge in [-0.1, -0.05) is 17.3 Å². The van der Waals surface area contributed by atoms with Crippen LogP contribution in [0.2, 0.25) is 0 Å². The summed E-state index contributed by atoms with van der Waals surface area (Å²) in [7, 11) is 3.03. The van der Waals surface area contributed by atoms with Gasteiger partial charge in [-0.05, 0) is 17.7 Å². The molecule has 0 spiro atoms. The van der Waals surface area contributed by atoms with Crippen LogP contribution in [-0.2, 0) is 28.4 Å². The van der Waals surface area contributed by atoms with Gasteiger partial charge in [0.2, 0.25) is 0 Å². The van der Waals surface area contributed by atoms with Crippen molar-refractivity contribution in [1.29, 1.82) is 0 Å². The van der Waals surface area contributed by atoms with Crippen LogP contribution < -0.4 is 5.73 Å². The predicted molar refractivity (Wildman–Crippen MR) is 73.9 cm³/mol. The lowest BCUT2D eigenvalue weighted by Crippen LogP contribution is -2.45. The van der Waals surface area contributed by atoms with Crippen LogP contribution >= 0.6 is 0 Å². The molecule has 0 fully saturated rings. The summed E-state index contributed by atoms with van der Waals surface area (Å²) in [5.41, 5.74) is 5.94. The van der Waals surface area contributed by atoms with Crippen molar-refractivity contribution in [3.8, 4) is 0 Å². The Morgan fingerprint density at radius 1 is 1.43 bits per heavy atom. The number of carbonyl (C=O) groups excluding carboxylic acids is 1. The monoisotopic (exact) mass is 292 g/mol. The number of hydrogen-bond donors (Lipinski definition) is 1.